The highest BCUT2D eigenvalue weighted by Crippen LogP contribution is 2.34. The molecule has 0 radical (unpaired) electrons. The Labute approximate surface area is 702 Å². The second-order valence-electron chi connectivity index (χ2n) is 35.2. The summed E-state index contributed by atoms with van der Waals surface area (Å²) in [5, 5.41) is 121. The van der Waals surface area contributed by atoms with Crippen molar-refractivity contribution in [3.8, 4) is 0 Å². The molecule has 12 N–H and O–H groups in total. The van der Waals surface area contributed by atoms with E-state index in [1.54, 1.807) is 6.08 Å². The lowest BCUT2D eigenvalue weighted by Crippen LogP contribution is -2.66. The number of nitrogens with one attached hydrogen (secondary N) is 1. The van der Waals surface area contributed by atoms with Crippen molar-refractivity contribution in [1.82, 2.24) is 5.32 Å². The molecule has 17 unspecified atom stereocenters. The van der Waals surface area contributed by atoms with Crippen molar-refractivity contribution in [2.75, 3.05) is 26.4 Å². The minimum atomic E-state index is -1.98. The molecule has 680 valence electrons. The Morgan fingerprint density at radius 2 is 0.557 bits per heavy atom. The molecule has 1 amide bonds. The van der Waals surface area contributed by atoms with Gasteiger partial charge in [-0.1, -0.05) is 436 Å². The van der Waals surface area contributed by atoms with Crippen LogP contribution in [0.2, 0.25) is 0 Å². The number of aliphatic hydroxyl groups excluding tert-OH is 11. The van der Waals surface area contributed by atoms with E-state index in [-0.39, 0.29) is 18.9 Å². The summed E-state index contributed by atoms with van der Waals surface area (Å²) in [5.74, 6) is -0.275. The largest absolute Gasteiger partial charge is 0.394 e. The zero-order valence-corrected chi connectivity index (χ0v) is 73.8. The number of allylic oxidation sites excluding steroid dienone is 3. The van der Waals surface area contributed by atoms with E-state index in [2.05, 4.69) is 31.3 Å². The topological polar surface area (TPSA) is 307 Å². The molecule has 115 heavy (non-hydrogen) atoms. The van der Waals surface area contributed by atoms with Crippen LogP contribution in [-0.4, -0.2) is 193 Å². The molecule has 0 aliphatic carbocycles. The second-order valence-corrected chi connectivity index (χ2v) is 35.2. The number of hydrogen-bond acceptors (Lipinski definition) is 18. The summed E-state index contributed by atoms with van der Waals surface area (Å²) in [7, 11) is 0. The Balaban J connectivity index is 1.29. The van der Waals surface area contributed by atoms with Gasteiger partial charge in [-0.25, -0.2) is 0 Å². The van der Waals surface area contributed by atoms with E-state index in [0.29, 0.717) is 12.8 Å². The number of ether oxygens (including phenoxy) is 6. The van der Waals surface area contributed by atoms with Crippen molar-refractivity contribution in [3.63, 3.8) is 0 Å². The van der Waals surface area contributed by atoms with Crippen molar-refractivity contribution in [3.05, 3.63) is 24.3 Å². The van der Waals surface area contributed by atoms with Gasteiger partial charge in [-0.05, 0) is 32.1 Å². The minimum Gasteiger partial charge on any atom is -0.394 e. The molecule has 0 saturated carbocycles. The molecule has 3 rings (SSSR count). The van der Waals surface area contributed by atoms with Gasteiger partial charge in [-0.2, -0.15) is 0 Å². The fourth-order valence-corrected chi connectivity index (χ4v) is 17.0. The first-order valence-electron chi connectivity index (χ1n) is 49.1. The van der Waals surface area contributed by atoms with Crippen molar-refractivity contribution < 1.29 is 89.4 Å². The molecule has 0 aromatic carbocycles. The first-order chi connectivity index (χ1) is 56.3. The maximum absolute atomic E-state index is 13.5. The average Bonchev–Trinajstić information content (AvgIpc) is 0.778. The zero-order valence-electron chi connectivity index (χ0n) is 73.8. The number of unbranched alkanes of at least 4 members (excludes halogenated alkanes) is 64. The highest BCUT2D eigenvalue weighted by molar-refractivity contribution is 5.76. The monoisotopic (exact) mass is 1640 g/mol. The van der Waals surface area contributed by atoms with Gasteiger partial charge in [0.05, 0.1) is 38.6 Å². The maximum Gasteiger partial charge on any atom is 0.220 e. The molecule has 0 spiro atoms. The molecule has 3 saturated heterocycles. The number of carbonyl (C=O) groups is 1. The first-order valence-corrected chi connectivity index (χ1v) is 49.1. The fraction of sp³-hybridized carbons (Fsp3) is 0.948. The SMILES string of the molecule is CCCCCCCCCCCCCCCCCCCCCCCCCCC/C=C/CC/C=C/C(O)C(COC1OC(CO)C(OC2OC(CO)C(OC3OC(CO)C(O)C(O)C3O)C(O)C2O)C(O)C1O)NC(=O)CCCCCCCCCCCCCCCCCCCCCCCCCCCCCCCCCCCCCCCCC. The lowest BCUT2D eigenvalue weighted by Gasteiger charge is -2.48. The Morgan fingerprint density at radius 3 is 0.870 bits per heavy atom. The molecule has 19 nitrogen and oxygen atoms in total. The lowest BCUT2D eigenvalue weighted by molar-refractivity contribution is -0.379. The Kier molecular flexibility index (Phi) is 71.0. The van der Waals surface area contributed by atoms with Gasteiger partial charge in [0.2, 0.25) is 5.91 Å². The van der Waals surface area contributed by atoms with E-state index < -0.39 is 124 Å². The van der Waals surface area contributed by atoms with Crippen LogP contribution in [0.15, 0.2) is 24.3 Å². The van der Waals surface area contributed by atoms with E-state index in [0.717, 1.165) is 38.5 Å². The highest BCUT2D eigenvalue weighted by Gasteiger charge is 2.54. The van der Waals surface area contributed by atoms with Gasteiger partial charge in [0.25, 0.3) is 0 Å². The number of amides is 1. The quantitative estimate of drug-likeness (QED) is 0.0199. The van der Waals surface area contributed by atoms with Crippen LogP contribution in [0.3, 0.4) is 0 Å². The van der Waals surface area contributed by atoms with Gasteiger partial charge in [-0.3, -0.25) is 4.79 Å². The second kappa shape index (κ2) is 76.0. The third-order valence-electron chi connectivity index (χ3n) is 24.8. The third kappa shape index (κ3) is 53.8. The molecule has 3 fully saturated rings. The normalized spacial score (nSPS) is 24.6. The van der Waals surface area contributed by atoms with E-state index in [9.17, 15) is 61.0 Å². The number of rotatable bonds is 82. The summed E-state index contributed by atoms with van der Waals surface area (Å²) in [4.78, 5) is 13.5. The molecule has 0 bridgehead atoms. The highest BCUT2D eigenvalue weighted by atomic mass is 16.8. The number of carbonyl (C=O) groups excluding carboxylic acids is 1. The maximum atomic E-state index is 13.5. The summed E-state index contributed by atoms with van der Waals surface area (Å²) in [5.41, 5.74) is 0. The van der Waals surface area contributed by atoms with E-state index in [4.69, 9.17) is 28.4 Å². The molecule has 3 aliphatic heterocycles. The van der Waals surface area contributed by atoms with Crippen LogP contribution in [0.25, 0.3) is 0 Å². The molecule has 0 aromatic heterocycles. The smallest absolute Gasteiger partial charge is 0.220 e. The van der Waals surface area contributed by atoms with Crippen LogP contribution in [0.5, 0.6) is 0 Å². The molecular weight excluding hydrogens is 1460 g/mol. The van der Waals surface area contributed by atoms with Gasteiger partial charge < -0.3 is 89.9 Å². The van der Waals surface area contributed by atoms with Gasteiger partial charge in [0.15, 0.2) is 18.9 Å². The Bertz CT molecular complexity index is 2160. The van der Waals surface area contributed by atoms with Crippen molar-refractivity contribution in [1.29, 1.82) is 0 Å². The average molecular weight is 1640 g/mol. The van der Waals surface area contributed by atoms with E-state index in [1.807, 2.05) is 6.08 Å². The van der Waals surface area contributed by atoms with Crippen molar-refractivity contribution in [2.45, 2.75) is 555 Å². The van der Waals surface area contributed by atoms with Crippen molar-refractivity contribution >= 4 is 5.91 Å². The molecule has 3 heterocycles. The zero-order chi connectivity index (χ0) is 83.1. The van der Waals surface area contributed by atoms with Gasteiger partial charge >= 0.3 is 0 Å². The van der Waals surface area contributed by atoms with Crippen LogP contribution >= 0.6 is 0 Å². The van der Waals surface area contributed by atoms with E-state index >= 15 is 0 Å². The summed E-state index contributed by atoms with van der Waals surface area (Å²) in [6, 6.07) is -0.990. The predicted octanol–water partition coefficient (Wildman–Crippen LogP) is 20.0. The summed E-state index contributed by atoms with van der Waals surface area (Å²) in [6.07, 6.45) is 70.9. The molecule has 19 heteroatoms. The van der Waals surface area contributed by atoms with Crippen molar-refractivity contribution in [2.24, 2.45) is 0 Å². The molecule has 17 atom stereocenters. The number of aliphatic hydroxyl groups is 11. The molecular formula is C96H183NO18. The summed E-state index contributed by atoms with van der Waals surface area (Å²) < 4.78 is 34.6. The van der Waals surface area contributed by atoms with Crippen LogP contribution in [0, 0.1) is 0 Å². The summed E-state index contributed by atoms with van der Waals surface area (Å²) >= 11 is 0. The fourth-order valence-electron chi connectivity index (χ4n) is 17.0. The van der Waals surface area contributed by atoms with Crippen LogP contribution in [0.4, 0.5) is 0 Å². The predicted molar refractivity (Wildman–Crippen MR) is 467 cm³/mol. The van der Waals surface area contributed by atoms with Crippen LogP contribution in [0.1, 0.15) is 450 Å². The van der Waals surface area contributed by atoms with Crippen LogP contribution in [-0.2, 0) is 33.2 Å². The first kappa shape index (κ1) is 107. The lowest BCUT2D eigenvalue weighted by atomic mass is 9.96. The third-order valence-corrected chi connectivity index (χ3v) is 24.8. The van der Waals surface area contributed by atoms with Gasteiger partial charge in [0.1, 0.15) is 73.2 Å². The molecule has 0 aromatic rings. The van der Waals surface area contributed by atoms with Crippen LogP contribution < -0.4 is 5.32 Å². The van der Waals surface area contributed by atoms with Gasteiger partial charge in [-0.15, -0.1) is 0 Å². The number of hydrogen-bond donors (Lipinski definition) is 12. The Morgan fingerprint density at radius 1 is 0.304 bits per heavy atom. The van der Waals surface area contributed by atoms with E-state index in [1.165, 1.54) is 379 Å². The molecule has 3 aliphatic rings. The summed E-state index contributed by atoms with van der Waals surface area (Å²) in [6.45, 7) is 1.81. The minimum absolute atomic E-state index is 0.242. The standard InChI is InChI=1S/C96H183NO18/c1-3-5-7-9-11-13-15-17-19-21-23-25-27-29-31-33-35-36-37-38-39-40-41-42-44-46-48-50-52-54-56-58-60-62-64-66-68-70-72-74-84(102)97-79(80(101)73-71-69-67-65-63-61-59-57-55-53-51-49-47-45-43-34-32-30-28-26-24-22-20-18-16-14-12-10-8-6-4-2)78-110-94-90(108)87(105)92(82(76-99)112-94)115-96-91(109)88(106)93(83(77-100)113-96)114-95-89(107)86(104)85(103)81(75-98)111-95/h63,65,71,73,79-83,85-96,98-101,103-109H,3-62,64,66-70,72,74-78H2,1-2H3,(H,97,102)/b65-63+,73-71+. The van der Waals surface area contributed by atoms with Gasteiger partial charge in [0, 0.05) is 6.42 Å². The Hall–Kier alpha value is -1.73.